The number of carbonyl (C=O) groups excluding carboxylic acids is 3. The van der Waals surface area contributed by atoms with Crippen molar-refractivity contribution in [2.45, 2.75) is 12.8 Å². The average Bonchev–Trinajstić information content (AvgIpc) is 3.22. The van der Waals surface area contributed by atoms with Gasteiger partial charge in [0.25, 0.3) is 11.8 Å². The highest BCUT2D eigenvalue weighted by Crippen LogP contribution is 2.07. The lowest BCUT2D eigenvalue weighted by atomic mass is 10.3. The third-order valence-corrected chi connectivity index (χ3v) is 4.11. The van der Waals surface area contributed by atoms with Crippen molar-refractivity contribution in [3.8, 4) is 5.75 Å². The lowest BCUT2D eigenvalue weighted by Gasteiger charge is -2.08. The molecule has 0 saturated heterocycles. The molecule has 0 spiro atoms. The summed E-state index contributed by atoms with van der Waals surface area (Å²) in [5.74, 6) is -0.299. The van der Waals surface area contributed by atoms with E-state index in [2.05, 4.69) is 10.6 Å². The largest absolute Gasteiger partial charge is 0.492 e. The molecule has 2 rings (SSSR count). The summed E-state index contributed by atoms with van der Waals surface area (Å²) in [5, 5.41) is 8.91. The molecule has 2 amide bonds. The van der Waals surface area contributed by atoms with E-state index in [1.165, 1.54) is 11.3 Å². The molecule has 8 heteroatoms. The summed E-state index contributed by atoms with van der Waals surface area (Å²) in [7, 11) is 0. The Kier molecular flexibility index (Phi) is 8.85. The molecular weight excluding hydrogens is 368 g/mol. The molecule has 0 aliphatic heterocycles. The molecule has 27 heavy (non-hydrogen) atoms. The maximum Gasteiger partial charge on any atom is 0.306 e. The fourth-order valence-corrected chi connectivity index (χ4v) is 2.71. The van der Waals surface area contributed by atoms with Gasteiger partial charge in [0.1, 0.15) is 12.4 Å². The normalized spacial score (nSPS) is 10.1. The van der Waals surface area contributed by atoms with Crippen molar-refractivity contribution in [1.29, 1.82) is 0 Å². The first-order valence-corrected chi connectivity index (χ1v) is 9.50. The number of carbonyl (C=O) groups is 3. The van der Waals surface area contributed by atoms with Gasteiger partial charge in [-0.3, -0.25) is 14.4 Å². The van der Waals surface area contributed by atoms with Gasteiger partial charge in [-0.05, 0) is 30.0 Å². The van der Waals surface area contributed by atoms with Crippen molar-refractivity contribution in [3.63, 3.8) is 0 Å². The van der Waals surface area contributed by atoms with Crippen LogP contribution in [0.15, 0.2) is 47.2 Å². The number of para-hydroxylation sites is 1. The Morgan fingerprint density at radius 1 is 1.00 bits per heavy atom. The van der Waals surface area contributed by atoms with Gasteiger partial charge in [-0.15, -0.1) is 0 Å². The smallest absolute Gasteiger partial charge is 0.306 e. The van der Waals surface area contributed by atoms with Gasteiger partial charge < -0.3 is 20.1 Å². The van der Waals surface area contributed by atoms with E-state index < -0.39 is 5.97 Å². The molecule has 0 unspecified atom stereocenters. The van der Waals surface area contributed by atoms with Crippen LogP contribution < -0.4 is 15.4 Å². The SMILES string of the molecule is O=C(COC(=O)CCCNC(=O)c1ccsc1)NCCOc1ccccc1. The number of hydrogen-bond acceptors (Lipinski definition) is 6. The number of nitrogens with one attached hydrogen (secondary N) is 2. The number of benzene rings is 1. The minimum absolute atomic E-state index is 0.133. The third kappa shape index (κ3) is 8.37. The molecule has 0 fully saturated rings. The Balaban J connectivity index is 1.47. The van der Waals surface area contributed by atoms with Crippen molar-refractivity contribution in [3.05, 3.63) is 52.7 Å². The summed E-state index contributed by atoms with van der Waals surface area (Å²) in [6.07, 6.45) is 0.579. The van der Waals surface area contributed by atoms with Crippen LogP contribution in [0.4, 0.5) is 0 Å². The van der Waals surface area contributed by atoms with Crippen molar-refractivity contribution in [1.82, 2.24) is 10.6 Å². The predicted octanol–water partition coefficient (Wildman–Crippen LogP) is 2.00. The zero-order valence-electron chi connectivity index (χ0n) is 14.8. The van der Waals surface area contributed by atoms with E-state index in [1.807, 2.05) is 35.7 Å². The Hall–Kier alpha value is -2.87. The van der Waals surface area contributed by atoms with Gasteiger partial charge in [0.15, 0.2) is 6.61 Å². The topological polar surface area (TPSA) is 93.7 Å². The third-order valence-electron chi connectivity index (χ3n) is 3.43. The summed E-state index contributed by atoms with van der Waals surface area (Å²) >= 11 is 1.45. The molecule has 1 aromatic heterocycles. The highest BCUT2D eigenvalue weighted by Gasteiger charge is 2.08. The zero-order valence-corrected chi connectivity index (χ0v) is 15.6. The number of hydrogen-bond donors (Lipinski definition) is 2. The van der Waals surface area contributed by atoms with E-state index in [-0.39, 0.29) is 24.8 Å². The van der Waals surface area contributed by atoms with Crippen molar-refractivity contribution in [2.24, 2.45) is 0 Å². The fraction of sp³-hybridized carbons (Fsp3) is 0.316. The summed E-state index contributed by atoms with van der Waals surface area (Å²) in [5.41, 5.74) is 0.607. The monoisotopic (exact) mass is 390 g/mol. The summed E-state index contributed by atoms with van der Waals surface area (Å²) in [6.45, 7) is 0.686. The van der Waals surface area contributed by atoms with Crippen LogP contribution in [0.3, 0.4) is 0 Å². The average molecular weight is 390 g/mol. The van der Waals surface area contributed by atoms with Gasteiger partial charge in [0.2, 0.25) is 0 Å². The van der Waals surface area contributed by atoms with Crippen LogP contribution in [0.25, 0.3) is 0 Å². The van der Waals surface area contributed by atoms with Gasteiger partial charge in [0.05, 0.1) is 6.54 Å². The standard InChI is InChI=1S/C19H22N2O5S/c22-17(20-10-11-25-16-5-2-1-3-6-16)13-26-18(23)7-4-9-21-19(24)15-8-12-27-14-15/h1-3,5-6,8,12,14H,4,7,9-11,13H2,(H,20,22)(H,21,24). The quantitative estimate of drug-likeness (QED) is 0.452. The Morgan fingerprint density at radius 2 is 1.81 bits per heavy atom. The minimum atomic E-state index is -0.476. The molecule has 7 nitrogen and oxygen atoms in total. The highest BCUT2D eigenvalue weighted by atomic mass is 32.1. The Morgan fingerprint density at radius 3 is 2.56 bits per heavy atom. The van der Waals surface area contributed by atoms with Crippen LogP contribution in [0, 0.1) is 0 Å². The van der Waals surface area contributed by atoms with Crippen molar-refractivity contribution < 1.29 is 23.9 Å². The summed E-state index contributed by atoms with van der Waals surface area (Å²) in [6, 6.07) is 11.0. The maximum atomic E-state index is 11.7. The number of thiophene rings is 1. The van der Waals surface area contributed by atoms with Gasteiger partial charge in [-0.25, -0.2) is 0 Å². The van der Waals surface area contributed by atoms with Crippen LogP contribution in [-0.2, 0) is 14.3 Å². The minimum Gasteiger partial charge on any atom is -0.492 e. The Bertz CT molecular complexity index is 719. The maximum absolute atomic E-state index is 11.7. The second kappa shape index (κ2) is 11.7. The molecule has 1 heterocycles. The van der Waals surface area contributed by atoms with Gasteiger partial charge in [-0.1, -0.05) is 18.2 Å². The van der Waals surface area contributed by atoms with Gasteiger partial charge in [-0.2, -0.15) is 11.3 Å². The predicted molar refractivity (Wildman–Crippen MR) is 102 cm³/mol. The van der Waals surface area contributed by atoms with Crippen molar-refractivity contribution >= 4 is 29.1 Å². The van der Waals surface area contributed by atoms with Gasteiger partial charge >= 0.3 is 5.97 Å². The first kappa shape index (κ1) is 20.4. The van der Waals surface area contributed by atoms with Crippen LogP contribution >= 0.6 is 11.3 Å². The highest BCUT2D eigenvalue weighted by molar-refractivity contribution is 7.08. The van der Waals surface area contributed by atoms with E-state index in [0.29, 0.717) is 31.7 Å². The van der Waals surface area contributed by atoms with Crippen LogP contribution in [0.2, 0.25) is 0 Å². The molecular formula is C19H22N2O5S. The molecule has 144 valence electrons. The van der Waals surface area contributed by atoms with Crippen LogP contribution in [-0.4, -0.2) is 44.1 Å². The molecule has 0 aliphatic carbocycles. The second-order valence-electron chi connectivity index (χ2n) is 5.54. The van der Waals surface area contributed by atoms with Crippen LogP contribution in [0.5, 0.6) is 5.75 Å². The van der Waals surface area contributed by atoms with E-state index in [9.17, 15) is 14.4 Å². The van der Waals surface area contributed by atoms with Gasteiger partial charge in [0, 0.05) is 23.9 Å². The first-order chi connectivity index (χ1) is 13.1. The zero-order chi connectivity index (χ0) is 19.3. The fourth-order valence-electron chi connectivity index (χ4n) is 2.08. The lowest BCUT2D eigenvalue weighted by Crippen LogP contribution is -2.32. The molecule has 0 radical (unpaired) electrons. The summed E-state index contributed by atoms with van der Waals surface area (Å²) in [4.78, 5) is 34.9. The molecule has 2 N–H and O–H groups in total. The molecule has 0 saturated carbocycles. The summed E-state index contributed by atoms with van der Waals surface area (Å²) < 4.78 is 10.3. The van der Waals surface area contributed by atoms with E-state index in [1.54, 1.807) is 11.4 Å². The molecule has 2 aromatic rings. The van der Waals surface area contributed by atoms with E-state index >= 15 is 0 Å². The molecule has 0 aliphatic rings. The van der Waals surface area contributed by atoms with Crippen LogP contribution in [0.1, 0.15) is 23.2 Å². The van der Waals surface area contributed by atoms with E-state index in [0.717, 1.165) is 5.75 Å². The lowest BCUT2D eigenvalue weighted by molar-refractivity contribution is -0.148. The number of amides is 2. The first-order valence-electron chi connectivity index (χ1n) is 8.55. The number of rotatable bonds is 11. The van der Waals surface area contributed by atoms with E-state index in [4.69, 9.17) is 9.47 Å². The molecule has 0 atom stereocenters. The Labute approximate surface area is 161 Å². The number of ether oxygens (including phenoxy) is 2. The van der Waals surface area contributed by atoms with Crippen molar-refractivity contribution in [2.75, 3.05) is 26.3 Å². The second-order valence-corrected chi connectivity index (χ2v) is 6.32. The molecule has 0 bridgehead atoms. The number of esters is 1. The molecule has 1 aromatic carbocycles.